The fourth-order valence-electron chi connectivity index (χ4n) is 3.89. The summed E-state index contributed by atoms with van der Waals surface area (Å²) >= 11 is 0. The lowest BCUT2D eigenvalue weighted by Gasteiger charge is -1.99. The minimum absolute atomic E-state index is 0.0144. The van der Waals surface area contributed by atoms with Crippen LogP contribution in [0.5, 0.6) is 0 Å². The maximum absolute atomic E-state index is 10.1. The second kappa shape index (κ2) is 9.75. The lowest BCUT2D eigenvalue weighted by atomic mass is 10.0. The zero-order valence-electron chi connectivity index (χ0n) is 18.6. The van der Waals surface area contributed by atoms with Crippen molar-refractivity contribution in [1.29, 1.82) is 31.6 Å². The molecule has 3 aromatic rings. The molecule has 6 nitrogen and oxygen atoms in total. The summed E-state index contributed by atoms with van der Waals surface area (Å²) in [5.74, 6) is 0. The predicted molar refractivity (Wildman–Crippen MR) is 131 cm³/mol. The zero-order chi connectivity index (χ0) is 25.7. The van der Waals surface area contributed by atoms with E-state index in [1.165, 1.54) is 0 Å². The molecule has 3 aromatic carbocycles. The van der Waals surface area contributed by atoms with Crippen molar-refractivity contribution in [3.05, 3.63) is 117 Å². The van der Waals surface area contributed by atoms with Gasteiger partial charge in [0.15, 0.2) is 0 Å². The molecule has 1 fully saturated rings. The van der Waals surface area contributed by atoms with Crippen molar-refractivity contribution in [2.24, 2.45) is 0 Å². The molecule has 1 aliphatic rings. The molecule has 0 heterocycles. The van der Waals surface area contributed by atoms with Gasteiger partial charge in [-0.05, 0) is 40.6 Å². The summed E-state index contributed by atoms with van der Waals surface area (Å²) in [5.41, 5.74) is 4.77. The second-order valence-corrected chi connectivity index (χ2v) is 7.65. The topological polar surface area (TPSA) is 143 Å². The monoisotopic (exact) mass is 456 g/mol. The third-order valence-corrected chi connectivity index (χ3v) is 5.70. The van der Waals surface area contributed by atoms with Crippen LogP contribution in [0.3, 0.4) is 0 Å². The largest absolute Gasteiger partial charge is 0.192 e. The molecule has 6 heteroatoms. The molecular weight excluding hydrogens is 444 g/mol. The normalized spacial score (nSPS) is 14.0. The minimum Gasteiger partial charge on any atom is -0.192 e. The number of rotatable bonds is 2. The first-order valence-electron chi connectivity index (χ1n) is 10.6. The second-order valence-electron chi connectivity index (χ2n) is 7.65. The van der Waals surface area contributed by atoms with Crippen molar-refractivity contribution in [2.75, 3.05) is 0 Å². The van der Waals surface area contributed by atoms with Gasteiger partial charge in [-0.2, -0.15) is 31.6 Å². The van der Waals surface area contributed by atoms with Crippen LogP contribution < -0.4 is 10.4 Å². The maximum atomic E-state index is 10.1. The van der Waals surface area contributed by atoms with Crippen molar-refractivity contribution < 1.29 is 0 Å². The summed E-state index contributed by atoms with van der Waals surface area (Å²) in [7, 11) is 0. The van der Waals surface area contributed by atoms with Gasteiger partial charge in [0.05, 0.1) is 34.4 Å². The van der Waals surface area contributed by atoms with Crippen LogP contribution in [0.15, 0.2) is 83.9 Å². The summed E-state index contributed by atoms with van der Waals surface area (Å²) in [6, 6.07) is 32.4. The first-order valence-corrected chi connectivity index (χ1v) is 10.6. The molecule has 4 rings (SSSR count). The number of benzene rings is 3. The molecule has 162 valence electrons. The molecule has 0 atom stereocenters. The van der Waals surface area contributed by atoms with E-state index >= 15 is 0 Å². The van der Waals surface area contributed by atoms with Gasteiger partial charge in [-0.25, -0.2) is 0 Å². The third kappa shape index (κ3) is 4.11. The average Bonchev–Trinajstić information content (AvgIpc) is 3.65. The summed E-state index contributed by atoms with van der Waals surface area (Å²) in [6.45, 7) is 0. The Balaban J connectivity index is 2.05. The van der Waals surface area contributed by atoms with Crippen LogP contribution in [0, 0.1) is 68.0 Å². The molecule has 36 heavy (non-hydrogen) atoms. The van der Waals surface area contributed by atoms with Crippen molar-refractivity contribution >= 4 is 22.3 Å². The number of hydrogen-bond acceptors (Lipinski definition) is 6. The summed E-state index contributed by atoms with van der Waals surface area (Å²) < 4.78 is 0. The molecule has 0 bridgehead atoms. The highest BCUT2D eigenvalue weighted by atomic mass is 14.4. The average molecular weight is 456 g/mol. The summed E-state index contributed by atoms with van der Waals surface area (Å²) in [4.78, 5) is 0. The third-order valence-electron chi connectivity index (χ3n) is 5.70. The highest BCUT2D eigenvalue weighted by Gasteiger charge is 2.38. The Kier molecular flexibility index (Phi) is 6.23. The van der Waals surface area contributed by atoms with Gasteiger partial charge in [0.2, 0.25) is 0 Å². The van der Waals surface area contributed by atoms with Gasteiger partial charge in [0, 0.05) is 21.9 Å². The van der Waals surface area contributed by atoms with E-state index < -0.39 is 0 Å². The Morgan fingerprint density at radius 3 is 1.22 bits per heavy atom. The van der Waals surface area contributed by atoms with Crippen LogP contribution in [0.1, 0.15) is 22.3 Å². The van der Waals surface area contributed by atoms with E-state index in [9.17, 15) is 10.5 Å². The highest BCUT2D eigenvalue weighted by Crippen LogP contribution is 2.53. The molecule has 0 aliphatic heterocycles. The van der Waals surface area contributed by atoms with E-state index in [1.54, 1.807) is 72.8 Å². The Morgan fingerprint density at radius 2 is 0.889 bits per heavy atom. The Morgan fingerprint density at radius 1 is 0.472 bits per heavy atom. The quantitative estimate of drug-likeness (QED) is 0.537. The van der Waals surface area contributed by atoms with Crippen molar-refractivity contribution in [3.63, 3.8) is 0 Å². The van der Waals surface area contributed by atoms with E-state index in [2.05, 4.69) is 24.3 Å². The highest BCUT2D eigenvalue weighted by molar-refractivity contribution is 6.21. The van der Waals surface area contributed by atoms with Gasteiger partial charge in [-0.3, -0.25) is 0 Å². The van der Waals surface area contributed by atoms with Gasteiger partial charge in [-0.1, -0.05) is 48.5 Å². The molecule has 1 aliphatic carbocycles. The SMILES string of the molecule is N#CC(C#N)=c1ccc(=C2C(=C(\C#N)c3ccc(C#N)cc3)/C2=C(\C#N)c2ccc(C#N)cc2)cc1. The van der Waals surface area contributed by atoms with Gasteiger partial charge in [-0.15, -0.1) is 0 Å². The molecule has 0 N–H and O–H groups in total. The Hall–Kier alpha value is -6.18. The fraction of sp³-hybridized carbons (Fsp3) is 0. The van der Waals surface area contributed by atoms with E-state index in [-0.39, 0.29) is 5.57 Å². The molecule has 0 saturated heterocycles. The number of hydrogen-bond donors (Lipinski definition) is 0. The lowest BCUT2D eigenvalue weighted by molar-refractivity contribution is 1.47. The van der Waals surface area contributed by atoms with Crippen LogP contribution >= 0.6 is 0 Å². The molecule has 0 radical (unpaired) electrons. The fourth-order valence-corrected chi connectivity index (χ4v) is 3.89. The van der Waals surface area contributed by atoms with Gasteiger partial charge in [0.25, 0.3) is 0 Å². The van der Waals surface area contributed by atoms with Crippen LogP contribution in [0.4, 0.5) is 0 Å². The molecular formula is C30H12N6. The maximum Gasteiger partial charge on any atom is 0.136 e. The number of allylic oxidation sites excluding steroid dienone is 4. The molecule has 0 unspecified atom stereocenters. The standard InChI is InChI=1S/C30H12N6/c31-13-19-1-5-22(6-2-19)26(17-35)29-28(24-11-9-21(10-12-24)25(15-33)16-34)30(29)27(18-36)23-7-3-20(14-32)4-8-23/h1-12H/b29-26-,30-27+. The van der Waals surface area contributed by atoms with Gasteiger partial charge >= 0.3 is 0 Å². The van der Waals surface area contributed by atoms with Crippen LogP contribution in [-0.2, 0) is 0 Å². The Labute approximate surface area is 207 Å². The molecule has 1 saturated carbocycles. The van der Waals surface area contributed by atoms with Crippen LogP contribution in [0.25, 0.3) is 22.3 Å². The minimum atomic E-state index is -0.0144. The molecule has 0 spiro atoms. The number of nitriles is 6. The van der Waals surface area contributed by atoms with E-state index in [0.717, 1.165) is 5.22 Å². The van der Waals surface area contributed by atoms with Crippen molar-refractivity contribution in [1.82, 2.24) is 0 Å². The van der Waals surface area contributed by atoms with E-state index in [0.29, 0.717) is 55.3 Å². The van der Waals surface area contributed by atoms with Crippen molar-refractivity contribution in [2.45, 2.75) is 0 Å². The lowest BCUT2D eigenvalue weighted by Crippen LogP contribution is -2.09. The smallest absolute Gasteiger partial charge is 0.136 e. The molecule has 0 aromatic heterocycles. The summed E-state index contributed by atoms with van der Waals surface area (Å²) in [5, 5.41) is 57.8. The molecule has 0 amide bonds. The van der Waals surface area contributed by atoms with Crippen LogP contribution in [0.2, 0.25) is 0 Å². The summed E-state index contributed by atoms with van der Waals surface area (Å²) in [6.07, 6.45) is 0. The van der Waals surface area contributed by atoms with Crippen molar-refractivity contribution in [3.8, 4) is 36.4 Å². The van der Waals surface area contributed by atoms with Gasteiger partial charge < -0.3 is 0 Å². The van der Waals surface area contributed by atoms with E-state index in [4.69, 9.17) is 21.0 Å². The van der Waals surface area contributed by atoms with Gasteiger partial charge in [0.1, 0.15) is 29.8 Å². The van der Waals surface area contributed by atoms with E-state index in [1.807, 2.05) is 12.1 Å². The first kappa shape index (κ1) is 23.0. The zero-order valence-corrected chi connectivity index (χ0v) is 18.6. The first-order chi connectivity index (χ1) is 17.6. The van der Waals surface area contributed by atoms with Crippen LogP contribution in [-0.4, -0.2) is 0 Å². The Bertz CT molecular complexity index is 1730. The predicted octanol–water partition coefficient (Wildman–Crippen LogP) is 3.75. The number of nitrogens with zero attached hydrogens (tertiary/aromatic N) is 6.